The lowest BCUT2D eigenvalue weighted by Gasteiger charge is -2.11. The molecule has 156 valence electrons. The summed E-state index contributed by atoms with van der Waals surface area (Å²) in [4.78, 5) is 36.4. The maximum atomic E-state index is 11.1. The van der Waals surface area contributed by atoms with Gasteiger partial charge < -0.3 is 9.94 Å². The first-order valence-corrected chi connectivity index (χ1v) is 9.71. The molecule has 0 aromatic heterocycles. The van der Waals surface area contributed by atoms with Crippen LogP contribution in [0.5, 0.6) is 0 Å². The van der Waals surface area contributed by atoms with E-state index in [9.17, 15) is 25.0 Å². The molecule has 0 amide bonds. The molecule has 9 heteroatoms. The van der Waals surface area contributed by atoms with Gasteiger partial charge >= 0.3 is 5.97 Å². The Balaban J connectivity index is 4.34. The monoisotopic (exact) mass is 388 g/mol. The zero-order valence-corrected chi connectivity index (χ0v) is 16.1. The molecule has 0 aromatic carbocycles. The molecule has 0 aliphatic carbocycles. The topological polar surface area (TPSA) is 133 Å². The van der Waals surface area contributed by atoms with Crippen molar-refractivity contribution in [2.75, 3.05) is 0 Å². The lowest BCUT2D eigenvalue weighted by Crippen LogP contribution is -2.19. The van der Waals surface area contributed by atoms with Gasteiger partial charge in [0.05, 0.1) is 0 Å². The highest BCUT2D eigenvalue weighted by atomic mass is 17.0. The van der Waals surface area contributed by atoms with Crippen molar-refractivity contribution < 1.29 is 24.7 Å². The molecular formula is C18H32N2O7. The van der Waals surface area contributed by atoms with Gasteiger partial charge in [0.1, 0.15) is 6.10 Å². The Hall–Kier alpha value is -2.19. The third-order valence-corrected chi connectivity index (χ3v) is 4.27. The first kappa shape index (κ1) is 24.8. The van der Waals surface area contributed by atoms with Crippen molar-refractivity contribution in [1.82, 2.24) is 0 Å². The first-order chi connectivity index (χ1) is 12.9. The average molecular weight is 388 g/mol. The number of nitro groups is 1. The Morgan fingerprint density at radius 3 is 2.15 bits per heavy atom. The summed E-state index contributed by atoms with van der Waals surface area (Å²) in [5, 5.41) is 29.5. The van der Waals surface area contributed by atoms with E-state index in [0.717, 1.165) is 44.9 Å². The predicted octanol–water partition coefficient (Wildman–Crippen LogP) is 4.55. The Bertz CT molecular complexity index is 469. The summed E-state index contributed by atoms with van der Waals surface area (Å²) in [6.45, 7) is 2.07. The van der Waals surface area contributed by atoms with Crippen LogP contribution in [0, 0.1) is 20.2 Å². The fourth-order valence-corrected chi connectivity index (χ4v) is 2.75. The van der Waals surface area contributed by atoms with E-state index in [2.05, 4.69) is 11.8 Å². The quantitative estimate of drug-likeness (QED) is 0.157. The van der Waals surface area contributed by atoms with Gasteiger partial charge in [-0.05, 0) is 25.3 Å². The van der Waals surface area contributed by atoms with Crippen LogP contribution < -0.4 is 0 Å². The summed E-state index contributed by atoms with van der Waals surface area (Å²) in [6, 6.07) is -0.851. The largest absolute Gasteiger partial charge is 0.481 e. The van der Waals surface area contributed by atoms with Crippen molar-refractivity contribution in [1.29, 1.82) is 0 Å². The van der Waals surface area contributed by atoms with E-state index in [1.54, 1.807) is 0 Å². The van der Waals surface area contributed by atoms with Crippen LogP contribution in [-0.4, -0.2) is 33.2 Å². The first-order valence-electron chi connectivity index (χ1n) is 9.71. The second-order valence-electron chi connectivity index (χ2n) is 6.65. The van der Waals surface area contributed by atoms with Crippen molar-refractivity contribution in [2.24, 2.45) is 0 Å². The van der Waals surface area contributed by atoms with Gasteiger partial charge in [0.25, 0.3) is 5.09 Å². The fourth-order valence-electron chi connectivity index (χ4n) is 2.75. The lowest BCUT2D eigenvalue weighted by molar-refractivity contribution is -0.765. The summed E-state index contributed by atoms with van der Waals surface area (Å²) in [7, 11) is 0. The lowest BCUT2D eigenvalue weighted by atomic mass is 10.0. The van der Waals surface area contributed by atoms with Crippen LogP contribution >= 0.6 is 0 Å². The molecule has 0 aliphatic rings. The Morgan fingerprint density at radius 1 is 0.963 bits per heavy atom. The normalized spacial score (nSPS) is 13.4. The molecule has 2 atom stereocenters. The molecule has 9 nitrogen and oxygen atoms in total. The van der Waals surface area contributed by atoms with E-state index >= 15 is 0 Å². The van der Waals surface area contributed by atoms with Gasteiger partial charge in [0.2, 0.25) is 6.04 Å². The molecule has 1 N–H and O–H groups in total. The third-order valence-electron chi connectivity index (χ3n) is 4.27. The van der Waals surface area contributed by atoms with E-state index in [0.29, 0.717) is 25.7 Å². The minimum atomic E-state index is -0.871. The molecule has 0 rings (SSSR count). The molecule has 27 heavy (non-hydrogen) atoms. The van der Waals surface area contributed by atoms with Crippen molar-refractivity contribution in [3.05, 3.63) is 32.4 Å². The van der Waals surface area contributed by atoms with Crippen molar-refractivity contribution in [2.45, 2.75) is 96.1 Å². The highest BCUT2D eigenvalue weighted by Crippen LogP contribution is 2.14. The number of unbranched alkanes of at least 4 members (excludes halogenated alkanes) is 7. The molecule has 0 radical (unpaired) electrons. The number of hydrogen-bond acceptors (Lipinski definition) is 6. The molecule has 0 saturated carbocycles. The fraction of sp³-hybridized carbons (Fsp3) is 0.833. The molecule has 0 aliphatic heterocycles. The van der Waals surface area contributed by atoms with E-state index in [1.165, 1.54) is 12.2 Å². The molecule has 0 saturated heterocycles. The number of carboxylic acids is 1. The molecule has 0 bridgehead atoms. The van der Waals surface area contributed by atoms with E-state index in [-0.39, 0.29) is 11.3 Å². The molecule has 0 heterocycles. The van der Waals surface area contributed by atoms with Crippen LogP contribution in [0.15, 0.2) is 12.2 Å². The van der Waals surface area contributed by atoms with Gasteiger partial charge in [0, 0.05) is 17.8 Å². The Morgan fingerprint density at radius 2 is 1.56 bits per heavy atom. The molecular weight excluding hydrogens is 356 g/mol. The summed E-state index contributed by atoms with van der Waals surface area (Å²) < 4.78 is 0. The van der Waals surface area contributed by atoms with E-state index in [1.807, 2.05) is 0 Å². The van der Waals surface area contributed by atoms with Gasteiger partial charge in [-0.1, -0.05) is 57.9 Å². The molecule has 0 fully saturated rings. The summed E-state index contributed by atoms with van der Waals surface area (Å²) in [6.07, 6.45) is 10.5. The Labute approximate surface area is 160 Å². The summed E-state index contributed by atoms with van der Waals surface area (Å²) >= 11 is 0. The van der Waals surface area contributed by atoms with Crippen LogP contribution in [0.4, 0.5) is 0 Å². The standard InChI is InChI=1S/C18H32N2O7/c1-2-3-4-8-11-16(19(23)24)14-15-17(27-20(25)26)12-9-6-5-7-10-13-18(21)22/h14-17H,2-13H2,1H3,(H,21,22)/b15-14+. The van der Waals surface area contributed by atoms with Gasteiger partial charge in [-0.25, -0.2) is 0 Å². The van der Waals surface area contributed by atoms with Crippen molar-refractivity contribution in [3.8, 4) is 0 Å². The second-order valence-corrected chi connectivity index (χ2v) is 6.65. The highest BCUT2D eigenvalue weighted by Gasteiger charge is 2.17. The number of rotatable bonds is 18. The van der Waals surface area contributed by atoms with Crippen LogP contribution in [0.25, 0.3) is 0 Å². The maximum absolute atomic E-state index is 11.1. The van der Waals surface area contributed by atoms with Gasteiger partial charge in [-0.15, -0.1) is 10.1 Å². The van der Waals surface area contributed by atoms with Crippen LogP contribution in [0.1, 0.15) is 84.0 Å². The minimum absolute atomic E-state index is 0.149. The van der Waals surface area contributed by atoms with Crippen LogP contribution in [-0.2, 0) is 9.63 Å². The smallest absolute Gasteiger partial charge is 0.303 e. The van der Waals surface area contributed by atoms with Gasteiger partial charge in [-0.3, -0.25) is 14.9 Å². The van der Waals surface area contributed by atoms with Crippen molar-refractivity contribution >= 4 is 5.97 Å². The summed E-state index contributed by atoms with van der Waals surface area (Å²) in [5.74, 6) is -0.811. The number of hydrogen-bond donors (Lipinski definition) is 1. The number of nitrogens with zero attached hydrogens (tertiary/aromatic N) is 2. The Kier molecular flexibility index (Phi) is 14.7. The van der Waals surface area contributed by atoms with Gasteiger partial charge in [0.15, 0.2) is 0 Å². The molecule has 0 aromatic rings. The second kappa shape index (κ2) is 16.0. The third kappa shape index (κ3) is 15.8. The molecule has 0 spiro atoms. The van der Waals surface area contributed by atoms with Gasteiger partial charge in [-0.2, -0.15) is 0 Å². The van der Waals surface area contributed by atoms with E-state index < -0.39 is 23.2 Å². The summed E-state index contributed by atoms with van der Waals surface area (Å²) in [5.41, 5.74) is 0. The maximum Gasteiger partial charge on any atom is 0.303 e. The number of carboxylic acid groups (broad SMARTS) is 1. The molecule has 2 unspecified atom stereocenters. The van der Waals surface area contributed by atoms with Crippen LogP contribution in [0.2, 0.25) is 0 Å². The number of aliphatic carboxylic acids is 1. The van der Waals surface area contributed by atoms with Crippen LogP contribution in [0.3, 0.4) is 0 Å². The SMILES string of the molecule is CCCCCCC(/C=C/C(CCCCCCCC(=O)O)O[N+](=O)[O-])[N+](=O)[O-]. The highest BCUT2D eigenvalue weighted by molar-refractivity contribution is 5.66. The number of carbonyl (C=O) groups is 1. The van der Waals surface area contributed by atoms with Crippen molar-refractivity contribution in [3.63, 3.8) is 0 Å². The average Bonchev–Trinajstić information content (AvgIpc) is 2.58. The van der Waals surface area contributed by atoms with E-state index in [4.69, 9.17) is 5.11 Å². The zero-order chi connectivity index (χ0) is 20.5. The predicted molar refractivity (Wildman–Crippen MR) is 101 cm³/mol. The minimum Gasteiger partial charge on any atom is -0.481 e. The zero-order valence-electron chi connectivity index (χ0n) is 16.1.